The Bertz CT molecular complexity index is 877. The van der Waals surface area contributed by atoms with Gasteiger partial charge in [-0.15, -0.1) is 12.4 Å². The molecule has 1 aliphatic rings. The molecule has 0 fully saturated rings. The Kier molecular flexibility index (Phi) is 9.27. The number of rotatable bonds is 10. The van der Waals surface area contributed by atoms with Gasteiger partial charge in [0.05, 0.1) is 26.9 Å². The van der Waals surface area contributed by atoms with E-state index in [0.29, 0.717) is 23.6 Å². The molecule has 0 unspecified atom stereocenters. The molecule has 0 saturated carbocycles. The molecule has 0 aliphatic carbocycles. The van der Waals surface area contributed by atoms with Crippen LogP contribution < -0.4 is 18.9 Å². The monoisotopic (exact) mass is 450 g/mol. The van der Waals surface area contributed by atoms with Crippen LogP contribution in [0.1, 0.15) is 22.3 Å². The number of benzene rings is 2. The second kappa shape index (κ2) is 11.7. The van der Waals surface area contributed by atoms with Gasteiger partial charge in [-0.25, -0.2) is 0 Å². The predicted molar refractivity (Wildman–Crippen MR) is 122 cm³/mol. The van der Waals surface area contributed by atoms with Crippen molar-refractivity contribution in [1.82, 2.24) is 9.80 Å². The van der Waals surface area contributed by atoms with Crippen LogP contribution in [0.4, 0.5) is 0 Å². The van der Waals surface area contributed by atoms with Crippen molar-refractivity contribution in [3.05, 3.63) is 47.5 Å². The maximum atomic E-state index is 12.7. The summed E-state index contributed by atoms with van der Waals surface area (Å²) < 4.78 is 21.6. The topological polar surface area (TPSA) is 60.5 Å². The number of carbonyl (C=O) groups excluding carboxylic acids is 1. The fourth-order valence-corrected chi connectivity index (χ4v) is 3.47. The van der Waals surface area contributed by atoms with Crippen LogP contribution in [0.25, 0.3) is 0 Å². The predicted octanol–water partition coefficient (Wildman–Crippen LogP) is 3.49. The second-order valence-electron chi connectivity index (χ2n) is 7.30. The molecule has 8 heteroatoms. The molecule has 0 saturated heterocycles. The van der Waals surface area contributed by atoms with Crippen LogP contribution in [0.5, 0.6) is 23.0 Å². The van der Waals surface area contributed by atoms with E-state index in [1.165, 1.54) is 5.56 Å². The number of methoxy groups -OCH3 is 3. The van der Waals surface area contributed by atoms with Crippen molar-refractivity contribution in [1.29, 1.82) is 0 Å². The van der Waals surface area contributed by atoms with E-state index in [4.69, 9.17) is 18.9 Å². The highest BCUT2D eigenvalue weighted by molar-refractivity contribution is 5.97. The highest BCUT2D eigenvalue weighted by Crippen LogP contribution is 2.29. The molecule has 0 spiro atoms. The van der Waals surface area contributed by atoms with Gasteiger partial charge in [0, 0.05) is 19.2 Å². The van der Waals surface area contributed by atoms with Gasteiger partial charge in [0.1, 0.15) is 11.5 Å². The van der Waals surface area contributed by atoms with Crippen molar-refractivity contribution >= 4 is 18.3 Å². The van der Waals surface area contributed by atoms with E-state index in [9.17, 15) is 4.79 Å². The summed E-state index contributed by atoms with van der Waals surface area (Å²) in [5, 5.41) is 0. The number of nitrogens with zero attached hydrogens (tertiary/aromatic N) is 2. The first-order valence-electron chi connectivity index (χ1n) is 10.0. The van der Waals surface area contributed by atoms with Crippen LogP contribution in [0.3, 0.4) is 0 Å². The van der Waals surface area contributed by atoms with Gasteiger partial charge in [-0.2, -0.15) is 0 Å². The van der Waals surface area contributed by atoms with Crippen molar-refractivity contribution in [2.75, 3.05) is 54.7 Å². The number of likely N-dealkylation sites (N-methyl/N-ethyl adjacent to an activating group) is 1. The van der Waals surface area contributed by atoms with Crippen molar-refractivity contribution in [2.45, 2.75) is 12.8 Å². The molecule has 0 atom stereocenters. The molecular weight excluding hydrogens is 420 g/mol. The lowest BCUT2D eigenvalue weighted by Crippen LogP contribution is -2.40. The van der Waals surface area contributed by atoms with Crippen molar-refractivity contribution in [3.63, 3.8) is 0 Å². The number of hydrogen-bond acceptors (Lipinski definition) is 6. The third kappa shape index (κ3) is 6.18. The number of halogens is 1. The molecule has 1 amide bonds. The minimum Gasteiger partial charge on any atom is -0.497 e. The minimum atomic E-state index is 0. The number of carbonyl (C=O) groups is 1. The SMILES string of the molecule is COc1ccc2c(c1)OCN(CCCN(C)CCc1ccc(OC)c(OC)c1)C2=O.Cl. The summed E-state index contributed by atoms with van der Waals surface area (Å²) in [6, 6.07) is 11.3. The fourth-order valence-electron chi connectivity index (χ4n) is 3.47. The quantitative estimate of drug-likeness (QED) is 0.552. The van der Waals surface area contributed by atoms with Crippen molar-refractivity contribution in [3.8, 4) is 23.0 Å². The van der Waals surface area contributed by atoms with Gasteiger partial charge in [0.15, 0.2) is 18.2 Å². The van der Waals surface area contributed by atoms with Crippen LogP contribution in [0, 0.1) is 0 Å². The summed E-state index contributed by atoms with van der Waals surface area (Å²) in [7, 11) is 6.98. The van der Waals surface area contributed by atoms with Gasteiger partial charge < -0.3 is 28.7 Å². The van der Waals surface area contributed by atoms with Gasteiger partial charge >= 0.3 is 0 Å². The summed E-state index contributed by atoms with van der Waals surface area (Å²) >= 11 is 0. The average Bonchev–Trinajstić information content (AvgIpc) is 2.78. The lowest BCUT2D eigenvalue weighted by atomic mass is 10.1. The van der Waals surface area contributed by atoms with Crippen LogP contribution >= 0.6 is 12.4 Å². The maximum absolute atomic E-state index is 12.7. The Morgan fingerprint density at radius 1 is 1.00 bits per heavy atom. The van der Waals surface area contributed by atoms with E-state index in [1.54, 1.807) is 44.4 Å². The molecule has 0 radical (unpaired) electrons. The zero-order valence-electron chi connectivity index (χ0n) is 18.6. The summed E-state index contributed by atoms with van der Waals surface area (Å²) in [5.74, 6) is 2.77. The lowest BCUT2D eigenvalue weighted by molar-refractivity contribution is 0.0511. The Morgan fingerprint density at radius 3 is 2.48 bits per heavy atom. The smallest absolute Gasteiger partial charge is 0.260 e. The fraction of sp³-hybridized carbons (Fsp3) is 0.435. The van der Waals surface area contributed by atoms with Crippen molar-refractivity contribution < 1.29 is 23.7 Å². The van der Waals surface area contributed by atoms with E-state index >= 15 is 0 Å². The van der Waals surface area contributed by atoms with E-state index in [1.807, 2.05) is 12.1 Å². The Balaban J connectivity index is 0.00000341. The lowest BCUT2D eigenvalue weighted by Gasteiger charge is -2.29. The Labute approximate surface area is 190 Å². The standard InChI is InChI=1S/C23H30N2O5.ClH/c1-24(13-10-17-6-9-20(28-3)22(14-17)29-4)11-5-12-25-16-30-21-15-18(27-2)7-8-19(21)23(25)26;/h6-9,14-15H,5,10-13,16H2,1-4H3;1H. The van der Waals surface area contributed by atoms with E-state index < -0.39 is 0 Å². The molecule has 1 heterocycles. The van der Waals surface area contributed by atoms with Crippen LogP contribution in [-0.2, 0) is 6.42 Å². The number of ether oxygens (including phenoxy) is 4. The van der Waals surface area contributed by atoms with Crippen LogP contribution in [0.15, 0.2) is 36.4 Å². The summed E-state index contributed by atoms with van der Waals surface area (Å²) in [4.78, 5) is 16.7. The van der Waals surface area contributed by atoms with Gasteiger partial charge in [0.25, 0.3) is 5.91 Å². The van der Waals surface area contributed by atoms with E-state index in [0.717, 1.165) is 37.4 Å². The summed E-state index contributed by atoms with van der Waals surface area (Å²) in [6.07, 6.45) is 1.79. The molecule has 31 heavy (non-hydrogen) atoms. The molecular formula is C23H31ClN2O5. The molecule has 0 N–H and O–H groups in total. The highest BCUT2D eigenvalue weighted by Gasteiger charge is 2.25. The third-order valence-electron chi connectivity index (χ3n) is 5.28. The molecule has 0 aromatic heterocycles. The second-order valence-corrected chi connectivity index (χ2v) is 7.30. The van der Waals surface area contributed by atoms with Crippen LogP contribution in [-0.4, -0.2) is 70.4 Å². The van der Waals surface area contributed by atoms with Crippen LogP contribution in [0.2, 0.25) is 0 Å². The molecule has 1 aliphatic heterocycles. The number of hydrogen-bond donors (Lipinski definition) is 0. The van der Waals surface area contributed by atoms with E-state index in [2.05, 4.69) is 18.0 Å². The zero-order chi connectivity index (χ0) is 21.5. The largest absolute Gasteiger partial charge is 0.497 e. The highest BCUT2D eigenvalue weighted by atomic mass is 35.5. The molecule has 7 nitrogen and oxygen atoms in total. The minimum absolute atomic E-state index is 0. The molecule has 170 valence electrons. The third-order valence-corrected chi connectivity index (χ3v) is 5.28. The van der Waals surface area contributed by atoms with Gasteiger partial charge in [-0.3, -0.25) is 4.79 Å². The average molecular weight is 451 g/mol. The molecule has 2 aromatic rings. The van der Waals surface area contributed by atoms with Gasteiger partial charge in [-0.05, 0) is 56.3 Å². The van der Waals surface area contributed by atoms with Crippen molar-refractivity contribution in [2.24, 2.45) is 0 Å². The maximum Gasteiger partial charge on any atom is 0.260 e. The van der Waals surface area contributed by atoms with E-state index in [-0.39, 0.29) is 25.0 Å². The molecule has 2 aromatic carbocycles. The first-order valence-corrected chi connectivity index (χ1v) is 10.0. The summed E-state index contributed by atoms with van der Waals surface area (Å²) in [6.45, 7) is 2.74. The summed E-state index contributed by atoms with van der Waals surface area (Å²) in [5.41, 5.74) is 1.79. The van der Waals surface area contributed by atoms with Gasteiger partial charge in [-0.1, -0.05) is 6.07 Å². The normalized spacial score (nSPS) is 12.7. The molecule has 0 bridgehead atoms. The Morgan fingerprint density at radius 2 is 1.77 bits per heavy atom. The number of amides is 1. The molecule has 3 rings (SSSR count). The number of fused-ring (bicyclic) bond motifs is 1. The first kappa shape index (κ1) is 24.6. The zero-order valence-corrected chi connectivity index (χ0v) is 19.4. The Hall–Kier alpha value is -2.64. The van der Waals surface area contributed by atoms with Gasteiger partial charge in [0.2, 0.25) is 0 Å². The first-order chi connectivity index (χ1) is 14.5.